The molecular formula is C14H26O2. The maximum atomic E-state index is 10.7. The van der Waals surface area contributed by atoms with Crippen LogP contribution in [0.1, 0.15) is 54.9 Å². The zero-order valence-electron chi connectivity index (χ0n) is 11.7. The molecule has 0 aromatic rings. The number of hydrogen-bond donors (Lipinski definition) is 1. The standard InChI is InChI=1S/C14H26O2/c1-10(12(15)16)8-9-14(6,7)11(2)13(3,4)5/h8,11H,9H2,1-7H3,(H,15,16). The lowest BCUT2D eigenvalue weighted by Crippen LogP contribution is -2.32. The molecule has 1 N–H and O–H groups in total. The fraction of sp³-hybridized carbons (Fsp3) is 0.786. The van der Waals surface area contributed by atoms with Crippen LogP contribution in [-0.4, -0.2) is 11.1 Å². The molecule has 0 rings (SSSR count). The minimum Gasteiger partial charge on any atom is -0.478 e. The van der Waals surface area contributed by atoms with Crippen molar-refractivity contribution >= 4 is 5.97 Å². The molecule has 0 aromatic heterocycles. The van der Waals surface area contributed by atoms with E-state index in [2.05, 4.69) is 41.5 Å². The van der Waals surface area contributed by atoms with Crippen LogP contribution in [0.5, 0.6) is 0 Å². The SMILES string of the molecule is CC(=CCC(C)(C)C(C)C(C)(C)C)C(=O)O. The molecule has 1 unspecified atom stereocenters. The van der Waals surface area contributed by atoms with Crippen molar-refractivity contribution in [1.82, 2.24) is 0 Å². The lowest BCUT2D eigenvalue weighted by atomic mass is 9.65. The van der Waals surface area contributed by atoms with Gasteiger partial charge in [-0.25, -0.2) is 4.79 Å². The number of carbonyl (C=O) groups is 1. The summed E-state index contributed by atoms with van der Waals surface area (Å²) in [7, 11) is 0. The maximum Gasteiger partial charge on any atom is 0.330 e. The molecule has 0 radical (unpaired) electrons. The lowest BCUT2D eigenvalue weighted by molar-refractivity contribution is -0.132. The molecule has 0 spiro atoms. The van der Waals surface area contributed by atoms with E-state index in [1.165, 1.54) is 0 Å². The number of rotatable bonds is 4. The van der Waals surface area contributed by atoms with Crippen LogP contribution in [0.15, 0.2) is 11.6 Å². The highest BCUT2D eigenvalue weighted by atomic mass is 16.4. The van der Waals surface area contributed by atoms with Crippen molar-refractivity contribution in [3.05, 3.63) is 11.6 Å². The van der Waals surface area contributed by atoms with E-state index < -0.39 is 5.97 Å². The van der Waals surface area contributed by atoms with Crippen molar-refractivity contribution in [3.8, 4) is 0 Å². The van der Waals surface area contributed by atoms with E-state index in [1.807, 2.05) is 6.08 Å². The molecule has 2 heteroatoms. The summed E-state index contributed by atoms with van der Waals surface area (Å²) in [5.74, 6) is -0.294. The third kappa shape index (κ3) is 4.38. The monoisotopic (exact) mass is 226 g/mol. The van der Waals surface area contributed by atoms with Gasteiger partial charge in [0.25, 0.3) is 0 Å². The van der Waals surface area contributed by atoms with Crippen LogP contribution in [0, 0.1) is 16.7 Å². The summed E-state index contributed by atoms with van der Waals surface area (Å²) in [5.41, 5.74) is 0.804. The van der Waals surface area contributed by atoms with Crippen molar-refractivity contribution in [1.29, 1.82) is 0 Å². The second-order valence-electron chi connectivity index (χ2n) is 6.47. The van der Waals surface area contributed by atoms with Crippen molar-refractivity contribution in [2.24, 2.45) is 16.7 Å². The van der Waals surface area contributed by atoms with Gasteiger partial charge in [0.05, 0.1) is 0 Å². The normalized spacial score (nSPS) is 16.1. The first-order chi connectivity index (χ1) is 6.98. The van der Waals surface area contributed by atoms with Gasteiger partial charge in [-0.1, -0.05) is 47.6 Å². The Labute approximate surface area is 99.7 Å². The summed E-state index contributed by atoms with van der Waals surface area (Å²) in [6.45, 7) is 15.0. The van der Waals surface area contributed by atoms with Crippen molar-refractivity contribution in [2.45, 2.75) is 54.9 Å². The van der Waals surface area contributed by atoms with E-state index in [0.717, 1.165) is 6.42 Å². The largest absolute Gasteiger partial charge is 0.478 e. The molecule has 0 heterocycles. The van der Waals surface area contributed by atoms with Gasteiger partial charge in [-0.2, -0.15) is 0 Å². The second kappa shape index (κ2) is 5.03. The van der Waals surface area contributed by atoms with Gasteiger partial charge in [0.15, 0.2) is 0 Å². The average Bonchev–Trinajstić information content (AvgIpc) is 2.11. The summed E-state index contributed by atoms with van der Waals surface area (Å²) in [4.78, 5) is 10.7. The summed E-state index contributed by atoms with van der Waals surface area (Å²) in [6.07, 6.45) is 2.65. The van der Waals surface area contributed by atoms with E-state index in [9.17, 15) is 4.79 Å². The van der Waals surface area contributed by atoms with Crippen molar-refractivity contribution in [2.75, 3.05) is 0 Å². The van der Waals surface area contributed by atoms with Crippen molar-refractivity contribution < 1.29 is 9.90 Å². The van der Waals surface area contributed by atoms with Crippen LogP contribution in [0.4, 0.5) is 0 Å². The van der Waals surface area contributed by atoms with Gasteiger partial charge in [-0.05, 0) is 30.1 Å². The Balaban J connectivity index is 4.71. The van der Waals surface area contributed by atoms with Gasteiger partial charge in [0, 0.05) is 5.57 Å². The van der Waals surface area contributed by atoms with Gasteiger partial charge in [-0.15, -0.1) is 0 Å². The van der Waals surface area contributed by atoms with Gasteiger partial charge in [0.1, 0.15) is 0 Å². The Bertz CT molecular complexity index is 280. The predicted octanol–water partition coefficient (Wildman–Crippen LogP) is 4.12. The number of carboxylic acids is 1. The molecule has 94 valence electrons. The van der Waals surface area contributed by atoms with Gasteiger partial charge in [-0.3, -0.25) is 0 Å². The van der Waals surface area contributed by atoms with E-state index in [1.54, 1.807) is 6.92 Å². The first-order valence-electron chi connectivity index (χ1n) is 5.88. The molecule has 0 amide bonds. The molecule has 0 aliphatic rings. The fourth-order valence-corrected chi connectivity index (χ4v) is 1.85. The molecule has 2 nitrogen and oxygen atoms in total. The van der Waals surface area contributed by atoms with Crippen LogP contribution < -0.4 is 0 Å². The van der Waals surface area contributed by atoms with Crippen LogP contribution in [0.25, 0.3) is 0 Å². The molecule has 0 fully saturated rings. The second-order valence-corrected chi connectivity index (χ2v) is 6.47. The Hall–Kier alpha value is -0.790. The molecule has 0 aliphatic carbocycles. The van der Waals surface area contributed by atoms with E-state index in [0.29, 0.717) is 11.5 Å². The molecule has 0 aromatic carbocycles. The minimum absolute atomic E-state index is 0.120. The molecule has 0 bridgehead atoms. The zero-order chi connectivity index (χ0) is 13.1. The highest BCUT2D eigenvalue weighted by Gasteiger charge is 2.33. The van der Waals surface area contributed by atoms with Crippen LogP contribution in [-0.2, 0) is 4.79 Å². The molecule has 16 heavy (non-hydrogen) atoms. The number of hydrogen-bond acceptors (Lipinski definition) is 1. The Morgan fingerprint density at radius 2 is 1.69 bits per heavy atom. The molecule has 0 saturated carbocycles. The molecule has 1 atom stereocenters. The number of allylic oxidation sites excluding steroid dienone is 1. The third-order valence-corrected chi connectivity index (χ3v) is 3.74. The van der Waals surface area contributed by atoms with Crippen LogP contribution in [0.2, 0.25) is 0 Å². The third-order valence-electron chi connectivity index (χ3n) is 3.74. The summed E-state index contributed by atoms with van der Waals surface area (Å²) >= 11 is 0. The fourth-order valence-electron chi connectivity index (χ4n) is 1.85. The lowest BCUT2D eigenvalue weighted by Gasteiger charge is -2.40. The van der Waals surface area contributed by atoms with E-state index in [-0.39, 0.29) is 10.8 Å². The van der Waals surface area contributed by atoms with Gasteiger partial charge < -0.3 is 5.11 Å². The Kier molecular flexibility index (Phi) is 4.78. The smallest absolute Gasteiger partial charge is 0.330 e. The maximum absolute atomic E-state index is 10.7. The summed E-state index contributed by atoms with van der Waals surface area (Å²) in [5, 5.41) is 8.81. The van der Waals surface area contributed by atoms with Crippen LogP contribution >= 0.6 is 0 Å². The van der Waals surface area contributed by atoms with Gasteiger partial charge >= 0.3 is 5.97 Å². The van der Waals surface area contributed by atoms with Crippen LogP contribution in [0.3, 0.4) is 0 Å². The highest BCUT2D eigenvalue weighted by molar-refractivity contribution is 5.85. The number of carboxylic acid groups (broad SMARTS) is 1. The Morgan fingerprint density at radius 1 is 1.25 bits per heavy atom. The minimum atomic E-state index is -0.820. The first-order valence-corrected chi connectivity index (χ1v) is 5.88. The number of aliphatic carboxylic acids is 1. The first kappa shape index (κ1) is 15.2. The summed E-state index contributed by atoms with van der Waals surface area (Å²) in [6, 6.07) is 0. The molecule has 0 aliphatic heterocycles. The van der Waals surface area contributed by atoms with Crippen molar-refractivity contribution in [3.63, 3.8) is 0 Å². The van der Waals surface area contributed by atoms with E-state index in [4.69, 9.17) is 5.11 Å². The summed E-state index contributed by atoms with van der Waals surface area (Å²) < 4.78 is 0. The molecular weight excluding hydrogens is 200 g/mol. The molecule has 0 saturated heterocycles. The van der Waals surface area contributed by atoms with Gasteiger partial charge in [0.2, 0.25) is 0 Å². The topological polar surface area (TPSA) is 37.3 Å². The Morgan fingerprint density at radius 3 is 2.00 bits per heavy atom. The highest BCUT2D eigenvalue weighted by Crippen LogP contribution is 2.42. The quantitative estimate of drug-likeness (QED) is 0.732. The van der Waals surface area contributed by atoms with E-state index >= 15 is 0 Å². The zero-order valence-corrected chi connectivity index (χ0v) is 11.7. The predicted molar refractivity (Wildman–Crippen MR) is 68.4 cm³/mol. The average molecular weight is 226 g/mol.